The summed E-state index contributed by atoms with van der Waals surface area (Å²) in [6.07, 6.45) is 1.01. The number of imidazole rings is 1. The van der Waals surface area contributed by atoms with Crippen molar-refractivity contribution in [2.75, 3.05) is 11.9 Å². The number of H-pyrrole nitrogens is 1. The molecule has 1 aromatic heterocycles. The van der Waals surface area contributed by atoms with E-state index in [1.54, 1.807) is 0 Å². The van der Waals surface area contributed by atoms with Crippen molar-refractivity contribution in [3.8, 4) is 11.4 Å². The van der Waals surface area contributed by atoms with Crippen molar-refractivity contribution < 1.29 is 8.78 Å². The van der Waals surface area contributed by atoms with Crippen LogP contribution in [-0.4, -0.2) is 16.5 Å². The fourth-order valence-electron chi connectivity index (χ4n) is 2.62. The van der Waals surface area contributed by atoms with Gasteiger partial charge in [0.1, 0.15) is 17.2 Å². The highest BCUT2D eigenvalue weighted by atomic mass is 19.1. The third kappa shape index (κ3) is 1.66. The second-order valence-electron chi connectivity index (χ2n) is 4.92. The quantitative estimate of drug-likeness (QED) is 0.711. The summed E-state index contributed by atoms with van der Waals surface area (Å²) < 4.78 is 26.9. The minimum absolute atomic E-state index is 0.162. The van der Waals surface area contributed by atoms with E-state index in [0.29, 0.717) is 11.3 Å². The van der Waals surface area contributed by atoms with Crippen LogP contribution in [0.2, 0.25) is 0 Å². The molecular weight excluding hydrogens is 260 g/mol. The summed E-state index contributed by atoms with van der Waals surface area (Å²) in [5.41, 5.74) is 3.73. The molecule has 3 aromatic rings. The average Bonchev–Trinajstić information content (AvgIpc) is 3.03. The van der Waals surface area contributed by atoms with Crippen molar-refractivity contribution in [3.63, 3.8) is 0 Å². The number of nitrogens with one attached hydrogen (secondary N) is 2. The predicted molar refractivity (Wildman–Crippen MR) is 73.6 cm³/mol. The highest BCUT2D eigenvalue weighted by Crippen LogP contribution is 2.29. The number of rotatable bonds is 1. The largest absolute Gasteiger partial charge is 0.384 e. The van der Waals surface area contributed by atoms with Gasteiger partial charge < -0.3 is 10.3 Å². The van der Waals surface area contributed by atoms with E-state index < -0.39 is 11.6 Å². The lowest BCUT2D eigenvalue weighted by molar-refractivity contribution is 0.591. The molecule has 2 N–H and O–H groups in total. The molecule has 3 nitrogen and oxygen atoms in total. The summed E-state index contributed by atoms with van der Waals surface area (Å²) >= 11 is 0. The molecule has 0 unspecified atom stereocenters. The lowest BCUT2D eigenvalue weighted by atomic mass is 10.1. The Hall–Kier alpha value is -2.43. The Kier molecular flexibility index (Phi) is 2.30. The zero-order valence-electron chi connectivity index (χ0n) is 10.5. The van der Waals surface area contributed by atoms with Gasteiger partial charge in [0.2, 0.25) is 0 Å². The summed E-state index contributed by atoms with van der Waals surface area (Å²) in [7, 11) is 0. The van der Waals surface area contributed by atoms with Crippen molar-refractivity contribution in [2.24, 2.45) is 0 Å². The Morgan fingerprint density at radius 3 is 2.90 bits per heavy atom. The normalized spacial score (nSPS) is 13.5. The molecule has 0 spiro atoms. The van der Waals surface area contributed by atoms with E-state index >= 15 is 0 Å². The maximum atomic E-state index is 13.7. The van der Waals surface area contributed by atoms with E-state index in [1.807, 2.05) is 18.2 Å². The van der Waals surface area contributed by atoms with Crippen LogP contribution in [0.15, 0.2) is 30.3 Å². The van der Waals surface area contributed by atoms with Crippen LogP contribution in [0.5, 0.6) is 0 Å². The highest BCUT2D eigenvalue weighted by Gasteiger charge is 2.14. The van der Waals surface area contributed by atoms with E-state index in [-0.39, 0.29) is 5.52 Å². The van der Waals surface area contributed by atoms with Crippen LogP contribution >= 0.6 is 0 Å². The van der Waals surface area contributed by atoms with Crippen molar-refractivity contribution in [3.05, 3.63) is 47.5 Å². The molecule has 0 amide bonds. The molecule has 0 saturated heterocycles. The molecule has 5 heteroatoms. The van der Waals surface area contributed by atoms with E-state index in [0.717, 1.165) is 30.3 Å². The molecule has 4 rings (SSSR count). The molecule has 0 fully saturated rings. The molecule has 1 aliphatic rings. The summed E-state index contributed by atoms with van der Waals surface area (Å²) in [4.78, 5) is 7.19. The maximum Gasteiger partial charge on any atom is 0.153 e. The number of anilines is 1. The number of benzene rings is 2. The molecule has 0 saturated carbocycles. The number of halogens is 2. The third-order valence-corrected chi connectivity index (χ3v) is 3.60. The lowest BCUT2D eigenvalue weighted by Gasteiger charge is -2.02. The molecule has 0 atom stereocenters. The number of aromatic amines is 1. The smallest absolute Gasteiger partial charge is 0.153 e. The summed E-state index contributed by atoms with van der Waals surface area (Å²) in [5.74, 6) is -0.719. The van der Waals surface area contributed by atoms with Gasteiger partial charge in [0.15, 0.2) is 5.82 Å². The summed E-state index contributed by atoms with van der Waals surface area (Å²) in [6, 6.07) is 8.05. The Morgan fingerprint density at radius 2 is 2.00 bits per heavy atom. The molecule has 2 aromatic carbocycles. The fourth-order valence-corrected chi connectivity index (χ4v) is 2.62. The zero-order valence-corrected chi connectivity index (χ0v) is 10.5. The molecule has 20 heavy (non-hydrogen) atoms. The molecular formula is C15H11F2N3. The van der Waals surface area contributed by atoms with Crippen LogP contribution in [0.4, 0.5) is 14.5 Å². The first kappa shape index (κ1) is 11.4. The van der Waals surface area contributed by atoms with Gasteiger partial charge in [-0.15, -0.1) is 0 Å². The molecule has 0 aliphatic carbocycles. The van der Waals surface area contributed by atoms with Crippen molar-refractivity contribution in [2.45, 2.75) is 6.42 Å². The van der Waals surface area contributed by atoms with Crippen LogP contribution < -0.4 is 5.32 Å². The van der Waals surface area contributed by atoms with E-state index in [2.05, 4.69) is 15.3 Å². The van der Waals surface area contributed by atoms with Gasteiger partial charge in [-0.05, 0) is 24.1 Å². The average molecular weight is 271 g/mol. The summed E-state index contributed by atoms with van der Waals surface area (Å²) in [5, 5.41) is 3.29. The van der Waals surface area contributed by atoms with Gasteiger partial charge in [-0.1, -0.05) is 12.1 Å². The van der Waals surface area contributed by atoms with Gasteiger partial charge in [0.05, 0.1) is 5.52 Å². The zero-order chi connectivity index (χ0) is 13.7. The van der Waals surface area contributed by atoms with Crippen molar-refractivity contribution in [1.29, 1.82) is 0 Å². The van der Waals surface area contributed by atoms with Gasteiger partial charge >= 0.3 is 0 Å². The number of hydrogen-bond acceptors (Lipinski definition) is 2. The second kappa shape index (κ2) is 4.03. The number of fused-ring (bicyclic) bond motifs is 2. The Balaban J connectivity index is 1.88. The second-order valence-corrected chi connectivity index (χ2v) is 4.92. The Bertz CT molecular complexity index is 823. The SMILES string of the molecule is Fc1cc(F)c2nc(-c3ccc4c(c3)NCC4)[nH]c2c1. The van der Waals surface area contributed by atoms with Gasteiger partial charge in [-0.25, -0.2) is 13.8 Å². The fraction of sp³-hybridized carbons (Fsp3) is 0.133. The number of aromatic nitrogens is 2. The van der Waals surface area contributed by atoms with Crippen LogP contribution in [-0.2, 0) is 6.42 Å². The van der Waals surface area contributed by atoms with E-state index in [9.17, 15) is 8.78 Å². The number of hydrogen-bond donors (Lipinski definition) is 2. The third-order valence-electron chi connectivity index (χ3n) is 3.60. The first-order valence-corrected chi connectivity index (χ1v) is 6.43. The topological polar surface area (TPSA) is 40.7 Å². The van der Waals surface area contributed by atoms with Crippen molar-refractivity contribution >= 4 is 16.7 Å². The van der Waals surface area contributed by atoms with Crippen LogP contribution in [0.1, 0.15) is 5.56 Å². The van der Waals surface area contributed by atoms with Crippen LogP contribution in [0.25, 0.3) is 22.4 Å². The van der Waals surface area contributed by atoms with E-state index in [4.69, 9.17) is 0 Å². The Morgan fingerprint density at radius 1 is 1.10 bits per heavy atom. The van der Waals surface area contributed by atoms with Crippen molar-refractivity contribution in [1.82, 2.24) is 9.97 Å². The molecule has 2 heterocycles. The molecule has 1 aliphatic heterocycles. The molecule has 100 valence electrons. The standard InChI is InChI=1S/C15H11F2N3/c16-10-6-11(17)14-13(7-10)19-15(20-14)9-2-1-8-3-4-18-12(8)5-9/h1-2,5-7,18H,3-4H2,(H,19,20). The predicted octanol–water partition coefficient (Wildman–Crippen LogP) is 3.48. The first-order chi connectivity index (χ1) is 9.70. The highest BCUT2D eigenvalue weighted by molar-refractivity contribution is 5.81. The monoisotopic (exact) mass is 271 g/mol. The maximum absolute atomic E-state index is 13.7. The van der Waals surface area contributed by atoms with Crippen LogP contribution in [0.3, 0.4) is 0 Å². The van der Waals surface area contributed by atoms with E-state index in [1.165, 1.54) is 11.6 Å². The minimum atomic E-state index is -0.651. The van der Waals surface area contributed by atoms with Crippen LogP contribution in [0, 0.1) is 11.6 Å². The van der Waals surface area contributed by atoms with Gasteiger partial charge in [0.25, 0.3) is 0 Å². The molecule has 0 bridgehead atoms. The minimum Gasteiger partial charge on any atom is -0.384 e. The molecule has 0 radical (unpaired) electrons. The lowest BCUT2D eigenvalue weighted by Crippen LogP contribution is -1.91. The first-order valence-electron chi connectivity index (χ1n) is 6.43. The summed E-state index contributed by atoms with van der Waals surface area (Å²) in [6.45, 7) is 0.929. The van der Waals surface area contributed by atoms with Gasteiger partial charge in [-0.3, -0.25) is 0 Å². The Labute approximate surface area is 113 Å². The van der Waals surface area contributed by atoms with Gasteiger partial charge in [0, 0.05) is 23.9 Å². The van der Waals surface area contributed by atoms with Gasteiger partial charge in [-0.2, -0.15) is 0 Å². The number of nitrogens with zero attached hydrogens (tertiary/aromatic N) is 1.